The van der Waals surface area contributed by atoms with Crippen molar-refractivity contribution in [3.63, 3.8) is 0 Å². The third-order valence-electron chi connectivity index (χ3n) is 1.66. The van der Waals surface area contributed by atoms with Crippen molar-refractivity contribution in [2.24, 2.45) is 5.73 Å². The minimum atomic E-state index is -0.916. The lowest BCUT2D eigenvalue weighted by Crippen LogP contribution is -2.22. The first-order chi connectivity index (χ1) is 6.15. The number of hydrogen-bond acceptors (Lipinski definition) is 3. The van der Waals surface area contributed by atoms with Crippen molar-refractivity contribution in [2.45, 2.75) is 6.04 Å². The number of halogens is 2. The molecular formula is C9H11ClFNO2. The Morgan fingerprint density at radius 2 is 2.21 bits per heavy atom. The van der Waals surface area contributed by atoms with Gasteiger partial charge in [-0.15, -0.1) is 12.4 Å². The second-order valence-electron chi connectivity index (χ2n) is 2.56. The molecule has 0 radical (unpaired) electrons. The molecule has 0 heterocycles. The Kier molecular flexibility index (Phi) is 5.12. The predicted molar refractivity (Wildman–Crippen MR) is 52.6 cm³/mol. The van der Waals surface area contributed by atoms with Gasteiger partial charge < -0.3 is 10.5 Å². The molecule has 1 atom stereocenters. The lowest BCUT2D eigenvalue weighted by atomic mass is 10.1. The van der Waals surface area contributed by atoms with Crippen LogP contribution in [-0.4, -0.2) is 13.1 Å². The minimum absolute atomic E-state index is 0. The van der Waals surface area contributed by atoms with Crippen LogP contribution in [0.1, 0.15) is 11.6 Å². The lowest BCUT2D eigenvalue weighted by molar-refractivity contribution is -0.142. The van der Waals surface area contributed by atoms with E-state index < -0.39 is 17.8 Å². The SMILES string of the molecule is COC(=O)C(N)c1cccc(F)c1.Cl. The van der Waals surface area contributed by atoms with Crippen molar-refractivity contribution in [1.29, 1.82) is 0 Å². The number of carbonyl (C=O) groups is 1. The van der Waals surface area contributed by atoms with Gasteiger partial charge in [-0.2, -0.15) is 0 Å². The highest BCUT2D eigenvalue weighted by atomic mass is 35.5. The molecule has 1 aromatic carbocycles. The van der Waals surface area contributed by atoms with Crippen molar-refractivity contribution in [3.05, 3.63) is 35.6 Å². The van der Waals surface area contributed by atoms with E-state index in [1.807, 2.05) is 0 Å². The largest absolute Gasteiger partial charge is 0.468 e. The van der Waals surface area contributed by atoms with Crippen molar-refractivity contribution in [1.82, 2.24) is 0 Å². The summed E-state index contributed by atoms with van der Waals surface area (Å²) in [5.74, 6) is -0.998. The molecule has 14 heavy (non-hydrogen) atoms. The van der Waals surface area contributed by atoms with Crippen LogP contribution in [0.15, 0.2) is 24.3 Å². The van der Waals surface area contributed by atoms with E-state index in [2.05, 4.69) is 4.74 Å². The number of carbonyl (C=O) groups excluding carboxylic acids is 1. The number of hydrogen-bond donors (Lipinski definition) is 1. The molecule has 0 amide bonds. The number of methoxy groups -OCH3 is 1. The van der Waals surface area contributed by atoms with Gasteiger partial charge in [0.15, 0.2) is 0 Å². The fourth-order valence-corrected chi connectivity index (χ4v) is 0.963. The van der Waals surface area contributed by atoms with Crippen LogP contribution in [0.25, 0.3) is 0 Å². The maximum Gasteiger partial charge on any atom is 0.327 e. The Labute approximate surface area is 87.5 Å². The zero-order chi connectivity index (χ0) is 9.84. The molecule has 78 valence electrons. The van der Waals surface area contributed by atoms with Crippen molar-refractivity contribution >= 4 is 18.4 Å². The van der Waals surface area contributed by atoms with Crippen LogP contribution >= 0.6 is 12.4 Å². The Morgan fingerprint density at radius 1 is 1.57 bits per heavy atom. The minimum Gasteiger partial charge on any atom is -0.468 e. The van der Waals surface area contributed by atoms with Crippen LogP contribution in [0.4, 0.5) is 4.39 Å². The molecule has 0 saturated heterocycles. The monoisotopic (exact) mass is 219 g/mol. The van der Waals surface area contributed by atoms with Gasteiger partial charge in [0.25, 0.3) is 0 Å². The molecule has 0 fully saturated rings. The molecule has 0 aliphatic rings. The summed E-state index contributed by atoms with van der Waals surface area (Å²) in [5.41, 5.74) is 5.89. The molecule has 1 unspecified atom stereocenters. The standard InChI is InChI=1S/C9H10FNO2.ClH/c1-13-9(12)8(11)6-3-2-4-7(10)5-6;/h2-5,8H,11H2,1H3;1H. The van der Waals surface area contributed by atoms with Crippen molar-refractivity contribution in [2.75, 3.05) is 7.11 Å². The molecule has 0 spiro atoms. The molecule has 1 rings (SSSR count). The molecule has 3 nitrogen and oxygen atoms in total. The molecule has 5 heteroatoms. The highest BCUT2D eigenvalue weighted by Crippen LogP contribution is 2.12. The van der Waals surface area contributed by atoms with Gasteiger partial charge in [-0.3, -0.25) is 4.79 Å². The summed E-state index contributed by atoms with van der Waals surface area (Å²) in [7, 11) is 1.24. The number of rotatable bonds is 2. The van der Waals surface area contributed by atoms with Crippen LogP contribution < -0.4 is 5.73 Å². The van der Waals surface area contributed by atoms with Crippen LogP contribution in [0.3, 0.4) is 0 Å². The van der Waals surface area contributed by atoms with Gasteiger partial charge in [-0.25, -0.2) is 4.39 Å². The van der Waals surface area contributed by atoms with E-state index in [9.17, 15) is 9.18 Å². The summed E-state index contributed by atoms with van der Waals surface area (Å²) in [5, 5.41) is 0. The van der Waals surface area contributed by atoms with Crippen LogP contribution in [0, 0.1) is 5.82 Å². The van der Waals surface area contributed by atoms with Gasteiger partial charge >= 0.3 is 5.97 Å². The topological polar surface area (TPSA) is 52.3 Å². The normalized spacial score (nSPS) is 11.4. The highest BCUT2D eigenvalue weighted by Gasteiger charge is 2.15. The Morgan fingerprint density at radius 3 is 2.71 bits per heavy atom. The first-order valence-electron chi connectivity index (χ1n) is 3.74. The van der Waals surface area contributed by atoms with E-state index in [4.69, 9.17) is 5.73 Å². The van der Waals surface area contributed by atoms with Gasteiger partial charge in [0.2, 0.25) is 0 Å². The fourth-order valence-electron chi connectivity index (χ4n) is 0.963. The van der Waals surface area contributed by atoms with E-state index >= 15 is 0 Å². The maximum atomic E-state index is 12.7. The van der Waals surface area contributed by atoms with Gasteiger partial charge in [0.05, 0.1) is 7.11 Å². The molecule has 0 bridgehead atoms. The first kappa shape index (κ1) is 12.9. The van der Waals surface area contributed by atoms with Gasteiger partial charge in [0, 0.05) is 0 Å². The van der Waals surface area contributed by atoms with E-state index in [0.717, 1.165) is 0 Å². The van der Waals surface area contributed by atoms with Gasteiger partial charge in [-0.1, -0.05) is 12.1 Å². The Bertz CT molecular complexity index is 319. The molecular weight excluding hydrogens is 209 g/mol. The molecule has 2 N–H and O–H groups in total. The highest BCUT2D eigenvalue weighted by molar-refractivity contribution is 5.85. The van der Waals surface area contributed by atoms with Crippen LogP contribution in [0.2, 0.25) is 0 Å². The summed E-state index contributed by atoms with van der Waals surface area (Å²) in [6.07, 6.45) is 0. The molecule has 0 aliphatic carbocycles. The smallest absolute Gasteiger partial charge is 0.327 e. The van der Waals surface area contributed by atoms with Crippen molar-refractivity contribution < 1.29 is 13.9 Å². The quantitative estimate of drug-likeness (QED) is 0.766. The third kappa shape index (κ3) is 2.97. The van der Waals surface area contributed by atoms with E-state index in [0.29, 0.717) is 5.56 Å². The number of nitrogens with two attached hydrogens (primary N) is 1. The van der Waals surface area contributed by atoms with E-state index in [-0.39, 0.29) is 12.4 Å². The average Bonchev–Trinajstić information content (AvgIpc) is 2.15. The zero-order valence-corrected chi connectivity index (χ0v) is 8.38. The molecule has 1 aromatic rings. The summed E-state index contributed by atoms with van der Waals surface area (Å²) in [6, 6.07) is 4.65. The Balaban J connectivity index is 0.00000169. The number of benzene rings is 1. The second kappa shape index (κ2) is 5.57. The fraction of sp³-hybridized carbons (Fsp3) is 0.222. The van der Waals surface area contributed by atoms with Crippen LogP contribution in [-0.2, 0) is 9.53 Å². The predicted octanol–water partition coefficient (Wildman–Crippen LogP) is 1.42. The summed E-state index contributed by atoms with van der Waals surface area (Å²) in [4.78, 5) is 11.0. The Hall–Kier alpha value is -1.13. The first-order valence-corrected chi connectivity index (χ1v) is 3.74. The summed E-state index contributed by atoms with van der Waals surface area (Å²) in [6.45, 7) is 0. The molecule has 0 aromatic heterocycles. The van der Waals surface area contributed by atoms with Crippen molar-refractivity contribution in [3.8, 4) is 0 Å². The molecule has 0 aliphatic heterocycles. The van der Waals surface area contributed by atoms with E-state index in [1.54, 1.807) is 6.07 Å². The number of ether oxygens (including phenoxy) is 1. The lowest BCUT2D eigenvalue weighted by Gasteiger charge is -2.08. The maximum absolute atomic E-state index is 12.7. The van der Waals surface area contributed by atoms with Crippen LogP contribution in [0.5, 0.6) is 0 Å². The van der Waals surface area contributed by atoms with E-state index in [1.165, 1.54) is 25.3 Å². The average molecular weight is 220 g/mol. The second-order valence-corrected chi connectivity index (χ2v) is 2.56. The summed E-state index contributed by atoms with van der Waals surface area (Å²) >= 11 is 0. The summed E-state index contributed by atoms with van der Waals surface area (Å²) < 4.78 is 17.1. The molecule has 0 saturated carbocycles. The zero-order valence-electron chi connectivity index (χ0n) is 7.57. The van der Waals surface area contributed by atoms with Gasteiger partial charge in [0.1, 0.15) is 11.9 Å². The number of esters is 1. The van der Waals surface area contributed by atoms with Gasteiger partial charge in [-0.05, 0) is 17.7 Å². The third-order valence-corrected chi connectivity index (χ3v) is 1.66.